The summed E-state index contributed by atoms with van der Waals surface area (Å²) in [5, 5.41) is 0. The standard InChI is InChI=1S/C14H23NO/c1-5-6-14(16-10-13-7-8-13)15-12(4)9-11(2)3/h5-6,11,13H,4,7-10H2,1-3H3/b6-5-,15-14+. The van der Waals surface area contributed by atoms with Gasteiger partial charge in [-0.1, -0.05) is 26.5 Å². The zero-order valence-electron chi connectivity index (χ0n) is 10.7. The lowest BCUT2D eigenvalue weighted by Crippen LogP contribution is -2.05. The first-order valence-electron chi connectivity index (χ1n) is 6.13. The van der Waals surface area contributed by atoms with Crippen molar-refractivity contribution in [3.63, 3.8) is 0 Å². The maximum Gasteiger partial charge on any atom is 0.213 e. The van der Waals surface area contributed by atoms with Crippen LogP contribution in [0.2, 0.25) is 0 Å². The van der Waals surface area contributed by atoms with Crippen LogP contribution < -0.4 is 0 Å². The molecule has 0 heterocycles. The molecule has 0 radical (unpaired) electrons. The smallest absolute Gasteiger partial charge is 0.213 e. The van der Waals surface area contributed by atoms with Crippen LogP contribution in [0.1, 0.15) is 40.0 Å². The first-order chi connectivity index (χ1) is 7.61. The van der Waals surface area contributed by atoms with Crippen molar-refractivity contribution >= 4 is 5.90 Å². The van der Waals surface area contributed by atoms with E-state index in [9.17, 15) is 0 Å². The van der Waals surface area contributed by atoms with Crippen LogP contribution in [-0.2, 0) is 4.74 Å². The first-order valence-corrected chi connectivity index (χ1v) is 6.13. The Labute approximate surface area is 99.1 Å². The molecular formula is C14H23NO. The molecule has 1 saturated carbocycles. The number of hydrogen-bond donors (Lipinski definition) is 0. The van der Waals surface area contributed by atoms with Crippen molar-refractivity contribution in [1.82, 2.24) is 0 Å². The predicted molar refractivity (Wildman–Crippen MR) is 69.5 cm³/mol. The van der Waals surface area contributed by atoms with Gasteiger partial charge in [-0.15, -0.1) is 0 Å². The van der Waals surface area contributed by atoms with Gasteiger partial charge in [0.1, 0.15) is 0 Å². The van der Waals surface area contributed by atoms with Gasteiger partial charge < -0.3 is 4.74 Å². The Morgan fingerprint density at radius 2 is 2.19 bits per heavy atom. The van der Waals surface area contributed by atoms with Crippen LogP contribution in [0.25, 0.3) is 0 Å². The molecule has 1 rings (SSSR count). The zero-order chi connectivity index (χ0) is 12.0. The Hall–Kier alpha value is -1.05. The van der Waals surface area contributed by atoms with Crippen LogP contribution in [0.4, 0.5) is 0 Å². The molecule has 0 aromatic carbocycles. The average Bonchev–Trinajstić information content (AvgIpc) is 2.96. The van der Waals surface area contributed by atoms with Crippen LogP contribution in [0.5, 0.6) is 0 Å². The topological polar surface area (TPSA) is 21.6 Å². The van der Waals surface area contributed by atoms with E-state index in [1.165, 1.54) is 12.8 Å². The number of ether oxygens (including phenoxy) is 1. The van der Waals surface area contributed by atoms with Crippen molar-refractivity contribution in [3.8, 4) is 0 Å². The summed E-state index contributed by atoms with van der Waals surface area (Å²) >= 11 is 0. The summed E-state index contributed by atoms with van der Waals surface area (Å²) < 4.78 is 5.66. The minimum Gasteiger partial charge on any atom is -0.477 e. The second kappa shape index (κ2) is 6.51. The van der Waals surface area contributed by atoms with E-state index in [1.54, 1.807) is 0 Å². The molecule has 2 nitrogen and oxygen atoms in total. The molecule has 0 aromatic rings. The lowest BCUT2D eigenvalue weighted by atomic mass is 10.1. The summed E-state index contributed by atoms with van der Waals surface area (Å²) in [6.45, 7) is 11.1. The van der Waals surface area contributed by atoms with Gasteiger partial charge >= 0.3 is 0 Å². The molecule has 90 valence electrons. The fourth-order valence-electron chi connectivity index (χ4n) is 1.42. The van der Waals surface area contributed by atoms with Gasteiger partial charge in [-0.3, -0.25) is 0 Å². The number of rotatable bonds is 6. The highest BCUT2D eigenvalue weighted by atomic mass is 16.5. The van der Waals surface area contributed by atoms with Crippen LogP contribution in [0.3, 0.4) is 0 Å². The van der Waals surface area contributed by atoms with E-state index in [0.717, 1.165) is 24.6 Å². The van der Waals surface area contributed by atoms with Gasteiger partial charge in [0.15, 0.2) is 0 Å². The molecule has 16 heavy (non-hydrogen) atoms. The molecule has 0 amide bonds. The van der Waals surface area contributed by atoms with E-state index in [-0.39, 0.29) is 0 Å². The minimum absolute atomic E-state index is 0.589. The van der Waals surface area contributed by atoms with Crippen molar-refractivity contribution in [3.05, 3.63) is 24.4 Å². The molecule has 0 aromatic heterocycles. The number of hydrogen-bond acceptors (Lipinski definition) is 2. The Balaban J connectivity index is 2.45. The van der Waals surface area contributed by atoms with E-state index in [4.69, 9.17) is 4.74 Å². The average molecular weight is 221 g/mol. The molecule has 0 N–H and O–H groups in total. The Morgan fingerprint density at radius 1 is 1.50 bits per heavy atom. The fourth-order valence-corrected chi connectivity index (χ4v) is 1.42. The number of allylic oxidation sites excluding steroid dienone is 2. The second-order valence-electron chi connectivity index (χ2n) is 4.87. The normalized spacial score (nSPS) is 17.1. The predicted octanol–water partition coefficient (Wildman–Crippen LogP) is 3.95. The number of nitrogens with zero attached hydrogens (tertiary/aromatic N) is 1. The summed E-state index contributed by atoms with van der Waals surface area (Å²) in [5.74, 6) is 2.06. The van der Waals surface area contributed by atoms with Crippen LogP contribution >= 0.6 is 0 Å². The SMILES string of the molecule is C=C(CC(C)C)/N=C(\C=C/C)OCC1CC1. The molecule has 1 fully saturated rings. The molecule has 1 aliphatic carbocycles. The Morgan fingerprint density at radius 3 is 2.69 bits per heavy atom. The van der Waals surface area contributed by atoms with E-state index < -0.39 is 0 Å². The lowest BCUT2D eigenvalue weighted by molar-refractivity contribution is 0.289. The van der Waals surface area contributed by atoms with Crippen molar-refractivity contribution < 1.29 is 4.74 Å². The highest BCUT2D eigenvalue weighted by Gasteiger charge is 2.22. The van der Waals surface area contributed by atoms with E-state index in [1.807, 2.05) is 19.1 Å². The van der Waals surface area contributed by atoms with Gasteiger partial charge in [-0.25, -0.2) is 4.99 Å². The Bertz CT molecular complexity index is 285. The molecular weight excluding hydrogens is 198 g/mol. The summed E-state index contributed by atoms with van der Waals surface area (Å²) in [7, 11) is 0. The van der Waals surface area contributed by atoms with Crippen LogP contribution in [-0.4, -0.2) is 12.5 Å². The highest BCUT2D eigenvalue weighted by molar-refractivity contribution is 5.88. The summed E-state index contributed by atoms with van der Waals surface area (Å²) in [4.78, 5) is 4.42. The quantitative estimate of drug-likeness (QED) is 0.491. The van der Waals surface area contributed by atoms with Gasteiger partial charge in [0.05, 0.1) is 6.61 Å². The van der Waals surface area contributed by atoms with Gasteiger partial charge in [-0.05, 0) is 44.1 Å². The molecule has 0 bridgehead atoms. The van der Waals surface area contributed by atoms with Gasteiger partial charge in [0.2, 0.25) is 5.90 Å². The van der Waals surface area contributed by atoms with Crippen molar-refractivity contribution in [1.29, 1.82) is 0 Å². The molecule has 0 unspecified atom stereocenters. The zero-order valence-corrected chi connectivity index (χ0v) is 10.7. The van der Waals surface area contributed by atoms with E-state index >= 15 is 0 Å². The van der Waals surface area contributed by atoms with Crippen molar-refractivity contribution in [2.24, 2.45) is 16.8 Å². The molecule has 0 spiro atoms. The van der Waals surface area contributed by atoms with E-state index in [0.29, 0.717) is 11.8 Å². The van der Waals surface area contributed by atoms with Crippen LogP contribution in [0.15, 0.2) is 29.4 Å². The third-order valence-electron chi connectivity index (χ3n) is 2.39. The molecule has 0 aliphatic heterocycles. The maximum atomic E-state index is 5.66. The monoisotopic (exact) mass is 221 g/mol. The Kier molecular flexibility index (Phi) is 5.30. The lowest BCUT2D eigenvalue weighted by Gasteiger charge is -2.07. The van der Waals surface area contributed by atoms with Crippen molar-refractivity contribution in [2.75, 3.05) is 6.61 Å². The fraction of sp³-hybridized carbons (Fsp3) is 0.643. The largest absolute Gasteiger partial charge is 0.477 e. The minimum atomic E-state index is 0.589. The third kappa shape index (κ3) is 5.74. The maximum absolute atomic E-state index is 5.66. The van der Waals surface area contributed by atoms with Crippen molar-refractivity contribution in [2.45, 2.75) is 40.0 Å². The second-order valence-corrected chi connectivity index (χ2v) is 4.87. The van der Waals surface area contributed by atoms with Gasteiger partial charge in [0.25, 0.3) is 0 Å². The van der Waals surface area contributed by atoms with Gasteiger partial charge in [0, 0.05) is 5.70 Å². The van der Waals surface area contributed by atoms with Crippen LogP contribution in [0, 0.1) is 11.8 Å². The molecule has 1 aliphatic rings. The van der Waals surface area contributed by atoms with Gasteiger partial charge in [-0.2, -0.15) is 0 Å². The molecule has 0 saturated heterocycles. The summed E-state index contributed by atoms with van der Waals surface area (Å²) in [6.07, 6.45) is 7.39. The number of aliphatic imine (C=N–C) groups is 1. The van der Waals surface area contributed by atoms with E-state index in [2.05, 4.69) is 25.4 Å². The third-order valence-corrected chi connectivity index (χ3v) is 2.39. The summed E-state index contributed by atoms with van der Waals surface area (Å²) in [6, 6.07) is 0. The first kappa shape index (κ1) is 13.0. The highest BCUT2D eigenvalue weighted by Crippen LogP contribution is 2.29. The molecule has 0 atom stereocenters. The molecule has 2 heteroatoms. The summed E-state index contributed by atoms with van der Waals surface area (Å²) in [5.41, 5.74) is 0.902.